The Bertz CT molecular complexity index is 540. The lowest BCUT2D eigenvalue weighted by Gasteiger charge is -2.16. The van der Waals surface area contributed by atoms with Crippen molar-refractivity contribution in [3.05, 3.63) is 36.3 Å². The first-order chi connectivity index (χ1) is 8.98. The average molecular weight is 259 g/mol. The van der Waals surface area contributed by atoms with E-state index in [4.69, 9.17) is 10.5 Å². The van der Waals surface area contributed by atoms with Gasteiger partial charge in [-0.2, -0.15) is 0 Å². The molecular formula is C15H21N3O. The van der Waals surface area contributed by atoms with Gasteiger partial charge in [-0.25, -0.2) is 4.98 Å². The highest BCUT2D eigenvalue weighted by atomic mass is 16.5. The van der Waals surface area contributed by atoms with Crippen molar-refractivity contribution in [1.29, 1.82) is 0 Å². The van der Waals surface area contributed by atoms with Crippen LogP contribution in [0, 0.1) is 0 Å². The number of aromatic nitrogens is 2. The van der Waals surface area contributed by atoms with E-state index in [2.05, 4.69) is 9.97 Å². The van der Waals surface area contributed by atoms with Crippen molar-refractivity contribution in [2.75, 3.05) is 7.11 Å². The number of aryl methyl sites for hydroxylation is 1. The van der Waals surface area contributed by atoms with Crippen LogP contribution in [0.3, 0.4) is 0 Å². The Balaban J connectivity index is 2.12. The third-order valence-electron chi connectivity index (χ3n) is 3.02. The van der Waals surface area contributed by atoms with Crippen LogP contribution in [0.25, 0.3) is 11.3 Å². The minimum atomic E-state index is -0.164. The second kappa shape index (κ2) is 5.45. The average Bonchev–Trinajstić information content (AvgIpc) is 2.84. The molecule has 1 aromatic carbocycles. The maximum absolute atomic E-state index is 5.98. The van der Waals surface area contributed by atoms with Crippen LogP contribution in [0.15, 0.2) is 30.5 Å². The number of nitrogens with zero attached hydrogens (tertiary/aromatic N) is 1. The van der Waals surface area contributed by atoms with Crippen LogP contribution in [0.1, 0.15) is 26.1 Å². The fourth-order valence-electron chi connectivity index (χ4n) is 1.87. The summed E-state index contributed by atoms with van der Waals surface area (Å²) in [6.07, 6.45) is 3.61. The highest BCUT2D eigenvalue weighted by Gasteiger charge is 2.12. The van der Waals surface area contributed by atoms with Crippen molar-refractivity contribution < 1.29 is 4.74 Å². The summed E-state index contributed by atoms with van der Waals surface area (Å²) in [5.74, 6) is 1.81. The molecule has 0 aliphatic rings. The van der Waals surface area contributed by atoms with E-state index in [9.17, 15) is 0 Å². The Kier molecular flexibility index (Phi) is 3.90. The molecule has 0 atom stereocenters. The smallest absolute Gasteiger partial charge is 0.119 e. The van der Waals surface area contributed by atoms with Crippen LogP contribution in [0.5, 0.6) is 5.75 Å². The molecule has 19 heavy (non-hydrogen) atoms. The Labute approximate surface area is 114 Å². The summed E-state index contributed by atoms with van der Waals surface area (Å²) in [4.78, 5) is 7.73. The van der Waals surface area contributed by atoms with Crippen molar-refractivity contribution in [3.63, 3.8) is 0 Å². The standard InChI is InChI=1S/C15H21N3O/c1-15(2,16)8-7-14-17-10-13(18-14)11-5-4-6-12(9-11)19-3/h4-6,9-10H,7-8,16H2,1-3H3,(H,17,18). The monoisotopic (exact) mass is 259 g/mol. The van der Waals surface area contributed by atoms with E-state index < -0.39 is 0 Å². The second-order valence-corrected chi connectivity index (χ2v) is 5.46. The summed E-state index contributed by atoms with van der Waals surface area (Å²) in [6, 6.07) is 7.92. The molecule has 2 rings (SSSR count). The summed E-state index contributed by atoms with van der Waals surface area (Å²) in [5, 5.41) is 0. The van der Waals surface area contributed by atoms with Gasteiger partial charge in [-0.15, -0.1) is 0 Å². The molecule has 0 saturated heterocycles. The SMILES string of the molecule is COc1cccc(-c2cnc(CCC(C)(C)N)[nH]2)c1. The molecule has 1 aromatic heterocycles. The summed E-state index contributed by atoms with van der Waals surface area (Å²) in [6.45, 7) is 4.05. The molecule has 2 aromatic rings. The number of hydrogen-bond donors (Lipinski definition) is 2. The minimum absolute atomic E-state index is 0.164. The number of hydrogen-bond acceptors (Lipinski definition) is 3. The van der Waals surface area contributed by atoms with E-state index >= 15 is 0 Å². The van der Waals surface area contributed by atoms with Gasteiger partial charge < -0.3 is 15.5 Å². The first-order valence-corrected chi connectivity index (χ1v) is 6.45. The Hall–Kier alpha value is -1.81. The predicted molar refractivity (Wildman–Crippen MR) is 77.2 cm³/mol. The minimum Gasteiger partial charge on any atom is -0.497 e. The summed E-state index contributed by atoms with van der Waals surface area (Å²) in [5.41, 5.74) is 7.89. The van der Waals surface area contributed by atoms with E-state index in [-0.39, 0.29) is 5.54 Å². The summed E-state index contributed by atoms with van der Waals surface area (Å²) in [7, 11) is 1.67. The molecule has 4 nitrogen and oxygen atoms in total. The summed E-state index contributed by atoms with van der Waals surface area (Å²) < 4.78 is 5.22. The zero-order valence-corrected chi connectivity index (χ0v) is 11.7. The lowest BCUT2D eigenvalue weighted by molar-refractivity contribution is 0.415. The molecule has 0 bridgehead atoms. The molecule has 0 fully saturated rings. The fourth-order valence-corrected chi connectivity index (χ4v) is 1.87. The van der Waals surface area contributed by atoms with Crippen molar-refractivity contribution in [2.24, 2.45) is 5.73 Å². The maximum atomic E-state index is 5.98. The first-order valence-electron chi connectivity index (χ1n) is 6.45. The lowest BCUT2D eigenvalue weighted by Crippen LogP contribution is -2.32. The molecular weight excluding hydrogens is 238 g/mol. The maximum Gasteiger partial charge on any atom is 0.119 e. The van der Waals surface area contributed by atoms with Crippen molar-refractivity contribution in [1.82, 2.24) is 9.97 Å². The van der Waals surface area contributed by atoms with E-state index in [0.29, 0.717) is 0 Å². The number of imidazole rings is 1. The quantitative estimate of drug-likeness (QED) is 0.867. The third-order valence-corrected chi connectivity index (χ3v) is 3.02. The van der Waals surface area contributed by atoms with Crippen LogP contribution in [-0.2, 0) is 6.42 Å². The molecule has 102 valence electrons. The molecule has 3 N–H and O–H groups in total. The molecule has 0 radical (unpaired) electrons. The van der Waals surface area contributed by atoms with Crippen molar-refractivity contribution in [3.8, 4) is 17.0 Å². The fraction of sp³-hybridized carbons (Fsp3) is 0.400. The van der Waals surface area contributed by atoms with Gasteiger partial charge in [0.25, 0.3) is 0 Å². The van der Waals surface area contributed by atoms with Gasteiger partial charge in [-0.05, 0) is 32.4 Å². The van der Waals surface area contributed by atoms with Gasteiger partial charge in [0.2, 0.25) is 0 Å². The molecule has 1 heterocycles. The van der Waals surface area contributed by atoms with Crippen LogP contribution in [0.4, 0.5) is 0 Å². The second-order valence-electron chi connectivity index (χ2n) is 5.46. The zero-order valence-electron chi connectivity index (χ0n) is 11.7. The van der Waals surface area contributed by atoms with E-state index in [1.54, 1.807) is 7.11 Å². The van der Waals surface area contributed by atoms with Crippen LogP contribution < -0.4 is 10.5 Å². The molecule has 0 unspecified atom stereocenters. The highest BCUT2D eigenvalue weighted by Crippen LogP contribution is 2.22. The molecule has 0 aliphatic heterocycles. The predicted octanol–water partition coefficient (Wildman–Crippen LogP) is 2.76. The van der Waals surface area contributed by atoms with E-state index in [1.165, 1.54) is 0 Å². The molecule has 0 saturated carbocycles. The van der Waals surface area contributed by atoms with Crippen LogP contribution in [-0.4, -0.2) is 22.6 Å². The molecule has 0 spiro atoms. The highest BCUT2D eigenvalue weighted by molar-refractivity contribution is 5.60. The number of aromatic amines is 1. The van der Waals surface area contributed by atoms with Gasteiger partial charge in [-0.1, -0.05) is 12.1 Å². The molecule has 0 aliphatic carbocycles. The largest absolute Gasteiger partial charge is 0.497 e. The van der Waals surface area contributed by atoms with E-state index in [1.807, 2.05) is 44.3 Å². The number of H-pyrrole nitrogens is 1. The Morgan fingerprint density at radius 3 is 2.84 bits per heavy atom. The van der Waals surface area contributed by atoms with Gasteiger partial charge in [0.1, 0.15) is 11.6 Å². The Morgan fingerprint density at radius 1 is 1.37 bits per heavy atom. The van der Waals surface area contributed by atoms with Crippen molar-refractivity contribution in [2.45, 2.75) is 32.2 Å². The summed E-state index contributed by atoms with van der Waals surface area (Å²) >= 11 is 0. The van der Waals surface area contributed by atoms with Crippen LogP contribution in [0.2, 0.25) is 0 Å². The number of benzene rings is 1. The van der Waals surface area contributed by atoms with E-state index in [0.717, 1.165) is 35.7 Å². The zero-order chi connectivity index (χ0) is 13.9. The van der Waals surface area contributed by atoms with Gasteiger partial charge in [0, 0.05) is 17.5 Å². The number of nitrogens with one attached hydrogen (secondary N) is 1. The topological polar surface area (TPSA) is 63.9 Å². The van der Waals surface area contributed by atoms with Crippen LogP contribution >= 0.6 is 0 Å². The number of nitrogens with two attached hydrogens (primary N) is 1. The van der Waals surface area contributed by atoms with Gasteiger partial charge in [0.15, 0.2) is 0 Å². The molecule has 4 heteroatoms. The number of rotatable bonds is 5. The first kappa shape index (κ1) is 13.6. The van der Waals surface area contributed by atoms with Gasteiger partial charge >= 0.3 is 0 Å². The normalized spacial score (nSPS) is 11.6. The number of ether oxygens (including phenoxy) is 1. The molecule has 0 amide bonds. The van der Waals surface area contributed by atoms with Crippen molar-refractivity contribution >= 4 is 0 Å². The van der Waals surface area contributed by atoms with Gasteiger partial charge in [-0.3, -0.25) is 0 Å². The van der Waals surface area contributed by atoms with Gasteiger partial charge in [0.05, 0.1) is 19.0 Å². The number of methoxy groups -OCH3 is 1. The Morgan fingerprint density at radius 2 is 2.16 bits per heavy atom. The lowest BCUT2D eigenvalue weighted by atomic mass is 10.0. The third kappa shape index (κ3) is 3.83.